The first-order valence-electron chi connectivity index (χ1n) is 8.70. The normalized spacial score (nSPS) is 16.0. The average Bonchev–Trinajstić information content (AvgIpc) is 3.04. The van der Waals surface area contributed by atoms with Gasteiger partial charge >= 0.3 is 0 Å². The molecule has 1 saturated heterocycles. The van der Waals surface area contributed by atoms with Gasteiger partial charge < -0.3 is 9.80 Å². The molecule has 0 spiro atoms. The van der Waals surface area contributed by atoms with E-state index in [0.717, 1.165) is 23.6 Å². The minimum atomic E-state index is -0.485. The Morgan fingerprint density at radius 1 is 1.08 bits per heavy atom. The molecule has 0 aliphatic carbocycles. The quantitative estimate of drug-likeness (QED) is 0.712. The number of benzene rings is 1. The van der Waals surface area contributed by atoms with E-state index in [1.807, 2.05) is 54.3 Å². The van der Waals surface area contributed by atoms with Crippen LogP contribution in [-0.4, -0.2) is 45.9 Å². The topological polar surface area (TPSA) is 58.4 Å². The minimum Gasteiger partial charge on any atom is -0.353 e. The maximum Gasteiger partial charge on any atom is 0.269 e. The van der Waals surface area contributed by atoms with Crippen molar-refractivity contribution in [2.45, 2.75) is 13.0 Å². The molecule has 0 radical (unpaired) electrons. The lowest BCUT2D eigenvalue weighted by atomic mass is 10.2. The number of nitrogens with zero attached hydrogens (tertiary/aromatic N) is 4. The Labute approximate surface area is 155 Å². The van der Waals surface area contributed by atoms with Gasteiger partial charge in [0, 0.05) is 32.4 Å². The summed E-state index contributed by atoms with van der Waals surface area (Å²) in [6.45, 7) is 4.58. The first kappa shape index (κ1) is 16.8. The number of fused-ring (bicyclic) bond motifs is 1. The van der Waals surface area contributed by atoms with Crippen LogP contribution >= 0.6 is 11.5 Å². The maximum absolute atomic E-state index is 12.9. The molecule has 26 heavy (non-hydrogen) atoms. The van der Waals surface area contributed by atoms with E-state index in [2.05, 4.69) is 9.88 Å². The smallest absolute Gasteiger partial charge is 0.269 e. The molecule has 7 heteroatoms. The SMILES string of the molecule is CC(C(=O)N1CCN(c2ccccn2)CC1)n1sc2ccccc2c1=O. The number of carbonyl (C=O) groups is 1. The fourth-order valence-electron chi connectivity index (χ4n) is 3.31. The van der Waals surface area contributed by atoms with Crippen molar-refractivity contribution < 1.29 is 4.79 Å². The lowest BCUT2D eigenvalue weighted by Crippen LogP contribution is -2.50. The van der Waals surface area contributed by atoms with Crippen LogP contribution in [0.3, 0.4) is 0 Å². The second kappa shape index (κ2) is 6.92. The number of pyridine rings is 1. The van der Waals surface area contributed by atoms with Crippen molar-refractivity contribution in [3.8, 4) is 0 Å². The molecule has 1 aliphatic heterocycles. The predicted octanol–water partition coefficient (Wildman–Crippen LogP) is 2.37. The Kier molecular flexibility index (Phi) is 4.46. The van der Waals surface area contributed by atoms with Crippen molar-refractivity contribution in [1.29, 1.82) is 0 Å². The summed E-state index contributed by atoms with van der Waals surface area (Å²) >= 11 is 1.36. The molecule has 1 fully saturated rings. The zero-order valence-electron chi connectivity index (χ0n) is 14.5. The van der Waals surface area contributed by atoms with Crippen LogP contribution in [0.4, 0.5) is 5.82 Å². The lowest BCUT2D eigenvalue weighted by Gasteiger charge is -2.36. The molecular weight excluding hydrogens is 348 g/mol. The van der Waals surface area contributed by atoms with Crippen LogP contribution in [0.15, 0.2) is 53.5 Å². The largest absolute Gasteiger partial charge is 0.353 e. The Bertz CT molecular complexity index is 974. The Hall–Kier alpha value is -2.67. The highest BCUT2D eigenvalue weighted by molar-refractivity contribution is 7.14. The number of anilines is 1. The fourth-order valence-corrected chi connectivity index (χ4v) is 4.34. The lowest BCUT2D eigenvalue weighted by molar-refractivity contribution is -0.134. The zero-order chi connectivity index (χ0) is 18.1. The molecule has 0 N–H and O–H groups in total. The van der Waals surface area contributed by atoms with Gasteiger partial charge in [0.2, 0.25) is 5.91 Å². The van der Waals surface area contributed by atoms with E-state index in [0.29, 0.717) is 18.5 Å². The number of piperazine rings is 1. The van der Waals surface area contributed by atoms with Crippen LogP contribution in [0, 0.1) is 0 Å². The van der Waals surface area contributed by atoms with Gasteiger partial charge in [-0.2, -0.15) is 0 Å². The molecule has 2 aromatic heterocycles. The van der Waals surface area contributed by atoms with Crippen molar-refractivity contribution in [2.24, 2.45) is 0 Å². The van der Waals surface area contributed by atoms with Gasteiger partial charge in [-0.05, 0) is 31.2 Å². The first-order valence-corrected chi connectivity index (χ1v) is 9.48. The van der Waals surface area contributed by atoms with Gasteiger partial charge in [0.25, 0.3) is 5.56 Å². The van der Waals surface area contributed by atoms with Crippen LogP contribution in [0.1, 0.15) is 13.0 Å². The maximum atomic E-state index is 12.9. The van der Waals surface area contributed by atoms with Gasteiger partial charge in [-0.15, -0.1) is 0 Å². The second-order valence-electron chi connectivity index (χ2n) is 6.39. The zero-order valence-corrected chi connectivity index (χ0v) is 15.4. The Balaban J connectivity index is 1.48. The van der Waals surface area contributed by atoms with Gasteiger partial charge in [-0.3, -0.25) is 13.5 Å². The summed E-state index contributed by atoms with van der Waals surface area (Å²) < 4.78 is 2.51. The number of carbonyl (C=O) groups excluding carboxylic acids is 1. The molecule has 1 atom stereocenters. The number of hydrogen-bond acceptors (Lipinski definition) is 5. The monoisotopic (exact) mass is 368 g/mol. The van der Waals surface area contributed by atoms with Crippen molar-refractivity contribution in [1.82, 2.24) is 13.8 Å². The number of amides is 1. The van der Waals surface area contributed by atoms with Crippen molar-refractivity contribution >= 4 is 33.3 Å². The second-order valence-corrected chi connectivity index (χ2v) is 7.41. The van der Waals surface area contributed by atoms with Crippen LogP contribution < -0.4 is 10.5 Å². The van der Waals surface area contributed by atoms with E-state index in [-0.39, 0.29) is 11.5 Å². The molecule has 4 rings (SSSR count). The van der Waals surface area contributed by atoms with E-state index in [1.165, 1.54) is 11.5 Å². The van der Waals surface area contributed by atoms with E-state index in [4.69, 9.17) is 0 Å². The summed E-state index contributed by atoms with van der Waals surface area (Å²) in [7, 11) is 0. The van der Waals surface area contributed by atoms with Crippen molar-refractivity contribution in [3.05, 3.63) is 59.0 Å². The molecule has 1 amide bonds. The molecule has 0 saturated carbocycles. The standard InChI is InChI=1S/C19H20N4O2S/c1-14(23-19(25)15-6-2-3-7-16(15)26-23)18(24)22-12-10-21(11-13-22)17-8-4-5-9-20-17/h2-9,14H,10-13H2,1H3. The van der Waals surface area contributed by atoms with Crippen molar-refractivity contribution in [3.63, 3.8) is 0 Å². The molecule has 0 bridgehead atoms. The fraction of sp³-hybridized carbons (Fsp3) is 0.316. The summed E-state index contributed by atoms with van der Waals surface area (Å²) in [5, 5.41) is 0.678. The van der Waals surface area contributed by atoms with E-state index in [9.17, 15) is 9.59 Å². The summed E-state index contributed by atoms with van der Waals surface area (Å²) in [4.78, 5) is 33.9. The third-order valence-electron chi connectivity index (χ3n) is 4.79. The summed E-state index contributed by atoms with van der Waals surface area (Å²) in [6.07, 6.45) is 1.78. The van der Waals surface area contributed by atoms with E-state index < -0.39 is 6.04 Å². The third-order valence-corrected chi connectivity index (χ3v) is 6.02. The first-order chi connectivity index (χ1) is 12.6. The highest BCUT2D eigenvalue weighted by atomic mass is 32.1. The van der Waals surface area contributed by atoms with E-state index >= 15 is 0 Å². The molecule has 1 aliphatic rings. The highest BCUT2D eigenvalue weighted by Crippen LogP contribution is 2.21. The Morgan fingerprint density at radius 2 is 1.81 bits per heavy atom. The molecule has 1 unspecified atom stereocenters. The summed E-state index contributed by atoms with van der Waals surface area (Å²) in [6, 6.07) is 12.9. The van der Waals surface area contributed by atoms with Crippen LogP contribution in [-0.2, 0) is 4.79 Å². The molecule has 1 aromatic carbocycles. The molecule has 134 valence electrons. The van der Waals surface area contributed by atoms with Crippen LogP contribution in [0.25, 0.3) is 10.1 Å². The molecule has 3 aromatic rings. The van der Waals surface area contributed by atoms with Crippen molar-refractivity contribution in [2.75, 3.05) is 31.1 Å². The molecular formula is C19H20N4O2S. The third kappa shape index (κ3) is 2.99. The summed E-state index contributed by atoms with van der Waals surface area (Å²) in [5.41, 5.74) is -0.0847. The number of rotatable bonds is 3. The molecule has 3 heterocycles. The van der Waals surface area contributed by atoms with Gasteiger partial charge in [0.15, 0.2) is 0 Å². The van der Waals surface area contributed by atoms with Crippen LogP contribution in [0.5, 0.6) is 0 Å². The summed E-state index contributed by atoms with van der Waals surface area (Å²) in [5.74, 6) is 0.938. The van der Waals surface area contributed by atoms with Gasteiger partial charge in [-0.1, -0.05) is 29.7 Å². The number of aromatic nitrogens is 2. The van der Waals surface area contributed by atoms with E-state index in [1.54, 1.807) is 10.2 Å². The minimum absolute atomic E-state index is 0.000623. The predicted molar refractivity (Wildman–Crippen MR) is 104 cm³/mol. The van der Waals surface area contributed by atoms with Crippen LogP contribution in [0.2, 0.25) is 0 Å². The highest BCUT2D eigenvalue weighted by Gasteiger charge is 2.28. The molecule has 6 nitrogen and oxygen atoms in total. The van der Waals surface area contributed by atoms with Gasteiger partial charge in [0.1, 0.15) is 11.9 Å². The van der Waals surface area contributed by atoms with Gasteiger partial charge in [-0.25, -0.2) is 4.98 Å². The number of hydrogen-bond donors (Lipinski definition) is 0. The van der Waals surface area contributed by atoms with Gasteiger partial charge in [0.05, 0.1) is 10.1 Å². The average molecular weight is 368 g/mol. The Morgan fingerprint density at radius 3 is 2.50 bits per heavy atom.